The van der Waals surface area contributed by atoms with Gasteiger partial charge in [0.2, 0.25) is 0 Å². The van der Waals surface area contributed by atoms with Gasteiger partial charge in [0.05, 0.1) is 31.0 Å². The summed E-state index contributed by atoms with van der Waals surface area (Å²) in [7, 11) is 3.66. The Labute approximate surface area is 105 Å². The first-order chi connectivity index (χ1) is 8.04. The molecule has 17 heavy (non-hydrogen) atoms. The molecule has 3 atom stereocenters. The molecule has 102 valence electrons. The summed E-state index contributed by atoms with van der Waals surface area (Å²) in [5, 5.41) is 3.27. The zero-order valence-corrected chi connectivity index (χ0v) is 11.8. The fourth-order valence-corrected chi connectivity index (χ4v) is 1.96. The Morgan fingerprint density at radius 1 is 1.29 bits per heavy atom. The fourth-order valence-electron chi connectivity index (χ4n) is 1.96. The topological polar surface area (TPSA) is 39.7 Å². The highest BCUT2D eigenvalue weighted by atomic mass is 16.6. The van der Waals surface area contributed by atoms with Crippen LogP contribution in [0.5, 0.6) is 0 Å². The second kappa shape index (κ2) is 6.69. The van der Waals surface area contributed by atoms with E-state index in [4.69, 9.17) is 14.2 Å². The van der Waals surface area contributed by atoms with Crippen molar-refractivity contribution in [2.45, 2.75) is 57.5 Å². The number of rotatable bonds is 8. The number of methoxy groups -OCH3 is 1. The highest BCUT2D eigenvalue weighted by Gasteiger charge is 2.44. The van der Waals surface area contributed by atoms with Gasteiger partial charge >= 0.3 is 0 Å². The summed E-state index contributed by atoms with van der Waals surface area (Å²) in [5.74, 6) is 0. The molecule has 1 N–H and O–H groups in total. The monoisotopic (exact) mass is 245 g/mol. The molecular weight excluding hydrogens is 218 g/mol. The molecule has 0 bridgehead atoms. The lowest BCUT2D eigenvalue weighted by Crippen LogP contribution is -2.61. The lowest BCUT2D eigenvalue weighted by molar-refractivity contribution is -0.194. The van der Waals surface area contributed by atoms with E-state index < -0.39 is 0 Å². The van der Waals surface area contributed by atoms with Crippen LogP contribution in [0.1, 0.15) is 33.6 Å². The molecule has 4 heteroatoms. The predicted molar refractivity (Wildman–Crippen MR) is 68.3 cm³/mol. The molecule has 1 saturated carbocycles. The average Bonchev–Trinajstić information content (AvgIpc) is 2.29. The van der Waals surface area contributed by atoms with Gasteiger partial charge in [-0.2, -0.15) is 0 Å². The molecule has 3 unspecified atom stereocenters. The first kappa shape index (κ1) is 14.9. The minimum absolute atomic E-state index is 0.0632. The van der Waals surface area contributed by atoms with Gasteiger partial charge in [-0.15, -0.1) is 0 Å². The molecule has 0 aromatic rings. The summed E-state index contributed by atoms with van der Waals surface area (Å²) < 4.78 is 16.9. The van der Waals surface area contributed by atoms with Crippen LogP contribution in [0, 0.1) is 0 Å². The standard InChI is InChI=1S/C13H27NO3/c1-6-13(2,3)17-11-9-10(14-4)12(11)16-8-7-15-5/h10-12,14H,6-9H2,1-5H3. The number of ether oxygens (including phenoxy) is 3. The van der Waals surface area contributed by atoms with E-state index in [9.17, 15) is 0 Å². The van der Waals surface area contributed by atoms with Crippen molar-refractivity contribution in [3.05, 3.63) is 0 Å². The molecule has 0 saturated heterocycles. The Morgan fingerprint density at radius 3 is 2.53 bits per heavy atom. The van der Waals surface area contributed by atoms with Crippen molar-refractivity contribution >= 4 is 0 Å². The van der Waals surface area contributed by atoms with Gasteiger partial charge < -0.3 is 19.5 Å². The van der Waals surface area contributed by atoms with E-state index >= 15 is 0 Å². The molecule has 1 aliphatic carbocycles. The van der Waals surface area contributed by atoms with E-state index in [0.717, 1.165) is 12.8 Å². The summed E-state index contributed by atoms with van der Waals surface area (Å²) in [6.45, 7) is 7.68. The van der Waals surface area contributed by atoms with Crippen LogP contribution in [-0.2, 0) is 14.2 Å². The zero-order valence-electron chi connectivity index (χ0n) is 11.8. The Hall–Kier alpha value is -0.160. The van der Waals surface area contributed by atoms with E-state index in [1.165, 1.54) is 0 Å². The van der Waals surface area contributed by atoms with Gasteiger partial charge in [0.1, 0.15) is 0 Å². The average molecular weight is 245 g/mol. The van der Waals surface area contributed by atoms with Crippen molar-refractivity contribution in [1.29, 1.82) is 0 Å². The molecule has 0 aliphatic heterocycles. The summed E-state index contributed by atoms with van der Waals surface area (Å²) >= 11 is 0. The molecule has 0 aromatic heterocycles. The van der Waals surface area contributed by atoms with E-state index in [1.807, 2.05) is 7.05 Å². The van der Waals surface area contributed by atoms with Gasteiger partial charge in [-0.3, -0.25) is 0 Å². The van der Waals surface area contributed by atoms with Crippen molar-refractivity contribution in [3.8, 4) is 0 Å². The summed E-state index contributed by atoms with van der Waals surface area (Å²) in [6.07, 6.45) is 2.40. The molecule has 1 aliphatic rings. The molecule has 0 spiro atoms. The maximum Gasteiger partial charge on any atom is 0.0992 e. The first-order valence-electron chi connectivity index (χ1n) is 6.49. The molecule has 4 nitrogen and oxygen atoms in total. The van der Waals surface area contributed by atoms with Crippen LogP contribution in [0.2, 0.25) is 0 Å². The SMILES string of the molecule is CCC(C)(C)OC1CC(NC)C1OCCOC. The predicted octanol–water partition coefficient (Wildman–Crippen LogP) is 1.58. The number of hydrogen-bond donors (Lipinski definition) is 1. The summed E-state index contributed by atoms with van der Waals surface area (Å²) in [6, 6.07) is 0.407. The van der Waals surface area contributed by atoms with Crippen molar-refractivity contribution in [3.63, 3.8) is 0 Å². The third-order valence-corrected chi connectivity index (χ3v) is 3.54. The van der Waals surface area contributed by atoms with Crippen molar-refractivity contribution in [2.24, 2.45) is 0 Å². The van der Waals surface area contributed by atoms with Crippen molar-refractivity contribution in [1.82, 2.24) is 5.32 Å². The largest absolute Gasteiger partial charge is 0.382 e. The first-order valence-corrected chi connectivity index (χ1v) is 6.49. The number of nitrogens with one attached hydrogen (secondary N) is 1. The normalized spacial score (nSPS) is 29.1. The fraction of sp³-hybridized carbons (Fsp3) is 1.00. The van der Waals surface area contributed by atoms with Crippen LogP contribution in [0.4, 0.5) is 0 Å². The summed E-state index contributed by atoms with van der Waals surface area (Å²) in [4.78, 5) is 0. The van der Waals surface area contributed by atoms with Gasteiger partial charge in [-0.25, -0.2) is 0 Å². The van der Waals surface area contributed by atoms with Crippen LogP contribution in [0.15, 0.2) is 0 Å². The van der Waals surface area contributed by atoms with Crippen LogP contribution < -0.4 is 5.32 Å². The van der Waals surface area contributed by atoms with Crippen LogP contribution >= 0.6 is 0 Å². The molecular formula is C13H27NO3. The highest BCUT2D eigenvalue weighted by molar-refractivity contribution is 4.97. The quantitative estimate of drug-likeness (QED) is 0.659. The lowest BCUT2D eigenvalue weighted by atomic mass is 9.84. The van der Waals surface area contributed by atoms with E-state index in [0.29, 0.717) is 19.3 Å². The smallest absolute Gasteiger partial charge is 0.0992 e. The second-order valence-corrected chi connectivity index (χ2v) is 5.23. The minimum atomic E-state index is -0.0632. The Bertz CT molecular complexity index is 221. The van der Waals surface area contributed by atoms with Gasteiger partial charge in [0.25, 0.3) is 0 Å². The van der Waals surface area contributed by atoms with Crippen LogP contribution in [0.25, 0.3) is 0 Å². The van der Waals surface area contributed by atoms with Crippen molar-refractivity contribution < 1.29 is 14.2 Å². The van der Waals surface area contributed by atoms with Crippen LogP contribution in [0.3, 0.4) is 0 Å². The van der Waals surface area contributed by atoms with E-state index in [1.54, 1.807) is 7.11 Å². The van der Waals surface area contributed by atoms with E-state index in [2.05, 4.69) is 26.1 Å². The lowest BCUT2D eigenvalue weighted by Gasteiger charge is -2.46. The van der Waals surface area contributed by atoms with E-state index in [-0.39, 0.29) is 17.8 Å². The van der Waals surface area contributed by atoms with Gasteiger partial charge in [-0.05, 0) is 33.7 Å². The zero-order chi connectivity index (χ0) is 12.9. The number of likely N-dealkylation sites (N-methyl/N-ethyl adjacent to an activating group) is 1. The minimum Gasteiger partial charge on any atom is -0.382 e. The van der Waals surface area contributed by atoms with Crippen molar-refractivity contribution in [2.75, 3.05) is 27.4 Å². The maximum atomic E-state index is 6.09. The van der Waals surface area contributed by atoms with Gasteiger partial charge in [0, 0.05) is 13.2 Å². The van der Waals surface area contributed by atoms with Gasteiger partial charge in [0.15, 0.2) is 0 Å². The molecule has 0 aromatic carbocycles. The third kappa shape index (κ3) is 4.21. The summed E-state index contributed by atoms with van der Waals surface area (Å²) in [5.41, 5.74) is -0.0632. The van der Waals surface area contributed by atoms with Gasteiger partial charge in [-0.1, -0.05) is 6.92 Å². The van der Waals surface area contributed by atoms with Crippen LogP contribution in [-0.4, -0.2) is 51.2 Å². The Kier molecular flexibility index (Phi) is 5.86. The molecule has 0 amide bonds. The second-order valence-electron chi connectivity index (χ2n) is 5.23. The molecule has 0 radical (unpaired) electrons. The number of hydrogen-bond acceptors (Lipinski definition) is 4. The highest BCUT2D eigenvalue weighted by Crippen LogP contribution is 2.31. The Morgan fingerprint density at radius 2 is 2.00 bits per heavy atom. The molecule has 1 rings (SSSR count). The Balaban J connectivity index is 2.39. The third-order valence-electron chi connectivity index (χ3n) is 3.54. The maximum absolute atomic E-state index is 6.09. The molecule has 1 fully saturated rings. The molecule has 0 heterocycles.